The molecule has 0 saturated heterocycles. The second kappa shape index (κ2) is 2.71. The number of nitrogens with zero attached hydrogens (tertiary/aromatic N) is 1. The molecule has 0 atom stereocenters. The Bertz CT molecular complexity index is 483. The van der Waals surface area contributed by atoms with E-state index in [0.29, 0.717) is 0 Å². The first kappa shape index (κ1) is 8.01. The van der Waals surface area contributed by atoms with Crippen LogP contribution < -0.4 is 0 Å². The van der Waals surface area contributed by atoms with Gasteiger partial charge in [-0.25, -0.2) is 0 Å². The van der Waals surface area contributed by atoms with Gasteiger partial charge < -0.3 is 9.55 Å². The Kier molecular flexibility index (Phi) is 1.81. The summed E-state index contributed by atoms with van der Waals surface area (Å²) in [5.74, 6) is 0. The molecule has 0 fully saturated rings. The maximum atomic E-state index is 5.10. The van der Waals surface area contributed by atoms with Gasteiger partial charge in [0.1, 0.15) is 0 Å². The van der Waals surface area contributed by atoms with Crippen molar-refractivity contribution >= 4 is 39.2 Å². The number of aromatic amines is 1. The predicted molar refractivity (Wildman–Crippen MR) is 55.8 cm³/mol. The van der Waals surface area contributed by atoms with Crippen LogP contribution in [0.15, 0.2) is 22.7 Å². The lowest BCUT2D eigenvalue weighted by molar-refractivity contribution is 0.925. The third-order valence-electron chi connectivity index (χ3n) is 1.87. The molecule has 1 aromatic heterocycles. The summed E-state index contributed by atoms with van der Waals surface area (Å²) in [5, 5.41) is 0. The molecule has 1 N–H and O–H groups in total. The Balaban J connectivity index is 3.07. The standard InChI is InChI=1S/C8H7BrN2S/c1-11-7-5(9)3-2-4-6(7)10-8(11)12/h2-4H,1H3,(H,10,12). The van der Waals surface area contributed by atoms with Crippen LogP contribution in [0.2, 0.25) is 0 Å². The number of H-pyrrole nitrogens is 1. The van der Waals surface area contributed by atoms with E-state index >= 15 is 0 Å². The van der Waals surface area contributed by atoms with E-state index in [0.717, 1.165) is 20.3 Å². The van der Waals surface area contributed by atoms with Crippen molar-refractivity contribution in [3.05, 3.63) is 27.4 Å². The number of nitrogens with one attached hydrogen (secondary N) is 1. The van der Waals surface area contributed by atoms with Gasteiger partial charge in [-0.05, 0) is 40.3 Å². The average molecular weight is 243 g/mol. The van der Waals surface area contributed by atoms with Gasteiger partial charge in [0.2, 0.25) is 0 Å². The number of para-hydroxylation sites is 1. The van der Waals surface area contributed by atoms with Crippen LogP contribution >= 0.6 is 28.1 Å². The van der Waals surface area contributed by atoms with E-state index in [-0.39, 0.29) is 0 Å². The first-order chi connectivity index (χ1) is 5.70. The van der Waals surface area contributed by atoms with E-state index in [2.05, 4.69) is 20.9 Å². The summed E-state index contributed by atoms with van der Waals surface area (Å²) in [6.07, 6.45) is 0. The lowest BCUT2D eigenvalue weighted by Gasteiger charge is -1.96. The topological polar surface area (TPSA) is 20.7 Å². The summed E-state index contributed by atoms with van der Waals surface area (Å²) in [5.41, 5.74) is 2.18. The lowest BCUT2D eigenvalue weighted by Crippen LogP contribution is -1.86. The maximum absolute atomic E-state index is 5.10. The normalized spacial score (nSPS) is 10.8. The van der Waals surface area contributed by atoms with Crippen molar-refractivity contribution in [3.8, 4) is 0 Å². The number of imidazole rings is 1. The van der Waals surface area contributed by atoms with Crippen LogP contribution in [0.25, 0.3) is 11.0 Å². The lowest BCUT2D eigenvalue weighted by atomic mass is 10.3. The molecule has 4 heteroatoms. The summed E-state index contributed by atoms with van der Waals surface area (Å²) in [6.45, 7) is 0. The zero-order valence-electron chi connectivity index (χ0n) is 6.47. The molecule has 0 saturated carbocycles. The molecule has 0 radical (unpaired) electrons. The van der Waals surface area contributed by atoms with Gasteiger partial charge in [0.15, 0.2) is 4.77 Å². The third-order valence-corrected chi connectivity index (χ3v) is 2.88. The van der Waals surface area contributed by atoms with Gasteiger partial charge in [-0.3, -0.25) is 0 Å². The summed E-state index contributed by atoms with van der Waals surface area (Å²) in [7, 11) is 1.95. The molecule has 0 amide bonds. The number of aromatic nitrogens is 2. The van der Waals surface area contributed by atoms with Crippen molar-refractivity contribution in [2.45, 2.75) is 0 Å². The fourth-order valence-electron chi connectivity index (χ4n) is 1.26. The van der Waals surface area contributed by atoms with E-state index in [1.165, 1.54) is 0 Å². The third kappa shape index (κ3) is 1.03. The molecule has 0 unspecified atom stereocenters. The molecule has 62 valence electrons. The van der Waals surface area contributed by atoms with Crippen LogP contribution in [0, 0.1) is 4.77 Å². The van der Waals surface area contributed by atoms with Gasteiger partial charge in [-0.1, -0.05) is 6.07 Å². The van der Waals surface area contributed by atoms with Crippen molar-refractivity contribution < 1.29 is 0 Å². The molecule has 2 rings (SSSR count). The second-order valence-corrected chi connectivity index (χ2v) is 3.87. The number of halogens is 1. The molecule has 0 spiro atoms. The molecule has 0 aliphatic rings. The van der Waals surface area contributed by atoms with E-state index in [4.69, 9.17) is 12.2 Å². The van der Waals surface area contributed by atoms with Crippen LogP contribution in [0.5, 0.6) is 0 Å². The number of rotatable bonds is 0. The summed E-state index contributed by atoms with van der Waals surface area (Å²) < 4.78 is 3.76. The predicted octanol–water partition coefficient (Wildman–Crippen LogP) is 3.00. The summed E-state index contributed by atoms with van der Waals surface area (Å²) >= 11 is 8.57. The van der Waals surface area contributed by atoms with Crippen molar-refractivity contribution in [2.24, 2.45) is 7.05 Å². The Morgan fingerprint density at radius 1 is 1.50 bits per heavy atom. The number of aryl methyl sites for hydroxylation is 1. The Labute approximate surface area is 83.3 Å². The van der Waals surface area contributed by atoms with Gasteiger partial charge in [0.25, 0.3) is 0 Å². The number of benzene rings is 1. The minimum Gasteiger partial charge on any atom is -0.331 e. The Morgan fingerprint density at radius 2 is 2.25 bits per heavy atom. The first-order valence-electron chi connectivity index (χ1n) is 3.53. The highest BCUT2D eigenvalue weighted by molar-refractivity contribution is 9.10. The van der Waals surface area contributed by atoms with Gasteiger partial charge in [-0.2, -0.15) is 0 Å². The van der Waals surface area contributed by atoms with Gasteiger partial charge in [-0.15, -0.1) is 0 Å². The number of hydrogen-bond acceptors (Lipinski definition) is 1. The molecule has 0 aliphatic carbocycles. The molecule has 1 aromatic carbocycles. The molecule has 0 aliphatic heterocycles. The van der Waals surface area contributed by atoms with Crippen LogP contribution in [0.4, 0.5) is 0 Å². The smallest absolute Gasteiger partial charge is 0.177 e. The molecular weight excluding hydrogens is 236 g/mol. The fourth-order valence-corrected chi connectivity index (χ4v) is 2.09. The van der Waals surface area contributed by atoms with Gasteiger partial charge in [0.05, 0.1) is 11.0 Å². The Morgan fingerprint density at radius 3 is 2.92 bits per heavy atom. The van der Waals surface area contributed by atoms with Crippen LogP contribution in [-0.2, 0) is 7.05 Å². The quantitative estimate of drug-likeness (QED) is 0.705. The fraction of sp³-hybridized carbons (Fsp3) is 0.125. The number of fused-ring (bicyclic) bond motifs is 1. The monoisotopic (exact) mass is 242 g/mol. The zero-order valence-corrected chi connectivity index (χ0v) is 8.87. The van der Waals surface area contributed by atoms with E-state index in [1.807, 2.05) is 29.8 Å². The van der Waals surface area contributed by atoms with Gasteiger partial charge in [0, 0.05) is 11.5 Å². The highest BCUT2D eigenvalue weighted by Crippen LogP contribution is 2.22. The molecule has 2 nitrogen and oxygen atoms in total. The van der Waals surface area contributed by atoms with Crippen LogP contribution in [0.3, 0.4) is 0 Å². The maximum Gasteiger partial charge on any atom is 0.177 e. The largest absolute Gasteiger partial charge is 0.331 e. The van der Waals surface area contributed by atoms with Crippen molar-refractivity contribution in [1.82, 2.24) is 9.55 Å². The summed E-state index contributed by atoms with van der Waals surface area (Å²) in [6, 6.07) is 6.00. The molecular formula is C8H7BrN2S. The van der Waals surface area contributed by atoms with E-state index < -0.39 is 0 Å². The van der Waals surface area contributed by atoms with Crippen molar-refractivity contribution in [1.29, 1.82) is 0 Å². The molecule has 0 bridgehead atoms. The second-order valence-electron chi connectivity index (χ2n) is 2.63. The van der Waals surface area contributed by atoms with E-state index in [9.17, 15) is 0 Å². The summed E-state index contributed by atoms with van der Waals surface area (Å²) in [4.78, 5) is 3.12. The van der Waals surface area contributed by atoms with Crippen LogP contribution in [-0.4, -0.2) is 9.55 Å². The molecule has 1 heterocycles. The number of hydrogen-bond donors (Lipinski definition) is 1. The Hall–Kier alpha value is -0.610. The molecule has 12 heavy (non-hydrogen) atoms. The highest BCUT2D eigenvalue weighted by Gasteiger charge is 2.02. The van der Waals surface area contributed by atoms with E-state index in [1.54, 1.807) is 0 Å². The van der Waals surface area contributed by atoms with Crippen LogP contribution in [0.1, 0.15) is 0 Å². The van der Waals surface area contributed by atoms with Gasteiger partial charge >= 0.3 is 0 Å². The highest BCUT2D eigenvalue weighted by atomic mass is 79.9. The first-order valence-corrected chi connectivity index (χ1v) is 4.73. The zero-order chi connectivity index (χ0) is 8.72. The minimum atomic E-state index is 0.747. The molecule has 2 aromatic rings. The minimum absolute atomic E-state index is 0.747. The SMILES string of the molecule is Cn1c(=S)[nH]c2cccc(Br)c21. The van der Waals surface area contributed by atoms with Crippen molar-refractivity contribution in [2.75, 3.05) is 0 Å². The average Bonchev–Trinajstić information content (AvgIpc) is 2.29. The van der Waals surface area contributed by atoms with Crippen molar-refractivity contribution in [3.63, 3.8) is 0 Å².